The molecule has 0 radical (unpaired) electrons. The van der Waals surface area contributed by atoms with Crippen molar-refractivity contribution in [2.24, 2.45) is 0 Å². The first-order valence-corrected chi connectivity index (χ1v) is 11.9. The molecule has 0 spiro atoms. The number of hydrogen-bond acceptors (Lipinski definition) is 5. The summed E-state index contributed by atoms with van der Waals surface area (Å²) in [5.74, 6) is -1.21. The number of benzene rings is 2. The molecule has 0 aromatic heterocycles. The van der Waals surface area contributed by atoms with Gasteiger partial charge in [0.15, 0.2) is 5.76 Å². The van der Waals surface area contributed by atoms with Crippen LogP contribution in [0.4, 0.5) is 0 Å². The van der Waals surface area contributed by atoms with Gasteiger partial charge in [-0.2, -0.15) is 0 Å². The smallest absolute Gasteiger partial charge is 0.290 e. The summed E-state index contributed by atoms with van der Waals surface area (Å²) in [6.45, 7) is 5.60. The number of carbonyl (C=O) groups is 2. The molecule has 34 heavy (non-hydrogen) atoms. The summed E-state index contributed by atoms with van der Waals surface area (Å²) in [5, 5.41) is 14.4. The van der Waals surface area contributed by atoms with E-state index in [0.29, 0.717) is 59.7 Å². The highest BCUT2D eigenvalue weighted by Crippen LogP contribution is 2.41. The Morgan fingerprint density at radius 3 is 2.50 bits per heavy atom. The molecule has 2 aromatic carbocycles. The zero-order valence-corrected chi connectivity index (χ0v) is 20.7. The van der Waals surface area contributed by atoms with Crippen LogP contribution >= 0.6 is 23.2 Å². The zero-order chi connectivity index (χ0) is 24.7. The standard InChI is InChI=1S/C25H28Cl2N2O5/c1-3-33-11-7-10-29-22(19-8-5-6-9-20(19)34-4-2)21(23(30)25(29)32)24(31)28-15-16-12-17(26)14-18(27)13-16/h5-6,8-9,12-14,22,30H,3-4,7,10-11,15H2,1-2H3,(H,28,31). The average Bonchev–Trinajstić information content (AvgIpc) is 3.05. The highest BCUT2D eigenvalue weighted by atomic mass is 35.5. The van der Waals surface area contributed by atoms with Gasteiger partial charge in [-0.15, -0.1) is 0 Å². The molecule has 3 rings (SSSR count). The van der Waals surface area contributed by atoms with E-state index in [-0.39, 0.29) is 12.1 Å². The molecule has 0 saturated heterocycles. The molecule has 1 aliphatic heterocycles. The molecular formula is C25H28Cl2N2O5. The Hall–Kier alpha value is -2.74. The van der Waals surface area contributed by atoms with Crippen molar-refractivity contribution in [3.63, 3.8) is 0 Å². The SMILES string of the molecule is CCOCCCN1C(=O)C(O)=C(C(=O)NCc2cc(Cl)cc(Cl)c2)C1c1ccccc1OCC. The van der Waals surface area contributed by atoms with E-state index in [1.54, 1.807) is 36.4 Å². The first kappa shape index (κ1) is 25.9. The molecule has 0 aliphatic carbocycles. The van der Waals surface area contributed by atoms with Crippen LogP contribution in [0, 0.1) is 0 Å². The number of nitrogens with zero attached hydrogens (tertiary/aromatic N) is 1. The molecule has 1 heterocycles. The van der Waals surface area contributed by atoms with Crippen LogP contribution < -0.4 is 10.1 Å². The van der Waals surface area contributed by atoms with E-state index < -0.39 is 23.6 Å². The van der Waals surface area contributed by atoms with Gasteiger partial charge in [0, 0.05) is 41.9 Å². The van der Waals surface area contributed by atoms with Gasteiger partial charge in [-0.05, 0) is 50.1 Å². The van der Waals surface area contributed by atoms with Gasteiger partial charge in [0.05, 0.1) is 18.2 Å². The molecule has 182 valence electrons. The Bertz CT molecular complexity index is 1050. The summed E-state index contributed by atoms with van der Waals surface area (Å²) in [4.78, 5) is 27.8. The number of carbonyl (C=O) groups excluding carboxylic acids is 2. The van der Waals surface area contributed by atoms with Crippen molar-refractivity contribution >= 4 is 35.0 Å². The number of nitrogens with one attached hydrogen (secondary N) is 1. The van der Waals surface area contributed by atoms with E-state index in [1.807, 2.05) is 19.9 Å². The molecule has 1 unspecified atom stereocenters. The number of halogens is 2. The normalized spacial score (nSPS) is 15.7. The second-order valence-electron chi connectivity index (χ2n) is 7.65. The Kier molecular flexibility index (Phi) is 9.21. The van der Waals surface area contributed by atoms with Crippen LogP contribution in [0.2, 0.25) is 10.0 Å². The minimum Gasteiger partial charge on any atom is -0.503 e. The van der Waals surface area contributed by atoms with Gasteiger partial charge in [-0.3, -0.25) is 9.59 Å². The van der Waals surface area contributed by atoms with E-state index in [0.717, 1.165) is 0 Å². The minimum atomic E-state index is -0.806. The summed E-state index contributed by atoms with van der Waals surface area (Å²) in [7, 11) is 0. The summed E-state index contributed by atoms with van der Waals surface area (Å²) in [6.07, 6.45) is 0.552. The third-order valence-corrected chi connectivity index (χ3v) is 5.77. The summed E-state index contributed by atoms with van der Waals surface area (Å²) >= 11 is 12.1. The van der Waals surface area contributed by atoms with Crippen LogP contribution in [0.15, 0.2) is 53.8 Å². The predicted molar refractivity (Wildman–Crippen MR) is 131 cm³/mol. The number of aliphatic hydroxyl groups is 1. The van der Waals surface area contributed by atoms with E-state index >= 15 is 0 Å². The van der Waals surface area contributed by atoms with Gasteiger partial charge in [0.25, 0.3) is 11.8 Å². The van der Waals surface area contributed by atoms with Gasteiger partial charge in [0.2, 0.25) is 0 Å². The Morgan fingerprint density at radius 1 is 1.12 bits per heavy atom. The number of hydrogen-bond donors (Lipinski definition) is 2. The van der Waals surface area contributed by atoms with Crippen LogP contribution in [0.5, 0.6) is 5.75 Å². The Morgan fingerprint density at radius 2 is 1.82 bits per heavy atom. The van der Waals surface area contributed by atoms with Crippen LogP contribution in [-0.4, -0.2) is 48.2 Å². The maximum absolute atomic E-state index is 13.3. The van der Waals surface area contributed by atoms with Crippen LogP contribution in [0.1, 0.15) is 37.4 Å². The number of rotatable bonds is 11. The van der Waals surface area contributed by atoms with Crippen molar-refractivity contribution in [2.75, 3.05) is 26.4 Å². The van der Waals surface area contributed by atoms with Gasteiger partial charge < -0.3 is 24.8 Å². The zero-order valence-electron chi connectivity index (χ0n) is 19.1. The van der Waals surface area contributed by atoms with Gasteiger partial charge in [0.1, 0.15) is 5.75 Å². The lowest BCUT2D eigenvalue weighted by Crippen LogP contribution is -2.34. The molecule has 7 nitrogen and oxygen atoms in total. The fourth-order valence-electron chi connectivity index (χ4n) is 3.90. The molecule has 1 aliphatic rings. The minimum absolute atomic E-state index is 0.0262. The topological polar surface area (TPSA) is 88.1 Å². The van der Waals surface area contributed by atoms with E-state index in [2.05, 4.69) is 5.32 Å². The van der Waals surface area contributed by atoms with Crippen LogP contribution in [-0.2, 0) is 20.9 Å². The quantitative estimate of drug-likeness (QED) is 0.426. The molecule has 9 heteroatoms. The third-order valence-electron chi connectivity index (χ3n) is 5.33. The Balaban J connectivity index is 1.92. The highest BCUT2D eigenvalue weighted by molar-refractivity contribution is 6.34. The second kappa shape index (κ2) is 12.1. The lowest BCUT2D eigenvalue weighted by molar-refractivity contribution is -0.129. The molecule has 2 amide bonds. The van der Waals surface area contributed by atoms with Crippen LogP contribution in [0.25, 0.3) is 0 Å². The second-order valence-corrected chi connectivity index (χ2v) is 8.52. The van der Waals surface area contributed by atoms with Crippen molar-refractivity contribution in [3.8, 4) is 5.75 Å². The lowest BCUT2D eigenvalue weighted by Gasteiger charge is -2.28. The van der Waals surface area contributed by atoms with E-state index in [9.17, 15) is 14.7 Å². The van der Waals surface area contributed by atoms with E-state index in [1.165, 1.54) is 4.90 Å². The van der Waals surface area contributed by atoms with Gasteiger partial charge >= 0.3 is 0 Å². The van der Waals surface area contributed by atoms with Crippen molar-refractivity contribution in [3.05, 3.63) is 75.0 Å². The predicted octanol–water partition coefficient (Wildman–Crippen LogP) is 4.83. The number of ether oxygens (including phenoxy) is 2. The fraction of sp³-hybridized carbons (Fsp3) is 0.360. The average molecular weight is 507 g/mol. The molecule has 1 atom stereocenters. The number of amides is 2. The largest absolute Gasteiger partial charge is 0.503 e. The maximum atomic E-state index is 13.3. The number of aliphatic hydroxyl groups excluding tert-OH is 1. The van der Waals surface area contributed by atoms with Crippen LogP contribution in [0.3, 0.4) is 0 Å². The fourth-order valence-corrected chi connectivity index (χ4v) is 4.48. The first-order valence-electron chi connectivity index (χ1n) is 11.1. The molecule has 0 fully saturated rings. The molecule has 0 saturated carbocycles. The van der Waals surface area contributed by atoms with E-state index in [4.69, 9.17) is 32.7 Å². The summed E-state index contributed by atoms with van der Waals surface area (Å²) < 4.78 is 11.2. The lowest BCUT2D eigenvalue weighted by atomic mass is 9.97. The molecular weight excluding hydrogens is 479 g/mol. The van der Waals surface area contributed by atoms with Gasteiger partial charge in [-0.25, -0.2) is 0 Å². The van der Waals surface area contributed by atoms with Crippen molar-refractivity contribution < 1.29 is 24.2 Å². The van der Waals surface area contributed by atoms with Crippen molar-refractivity contribution in [1.82, 2.24) is 10.2 Å². The maximum Gasteiger partial charge on any atom is 0.290 e. The molecule has 0 bridgehead atoms. The molecule has 2 N–H and O–H groups in total. The van der Waals surface area contributed by atoms with Gasteiger partial charge in [-0.1, -0.05) is 41.4 Å². The Labute approximate surface area is 209 Å². The molecule has 2 aromatic rings. The monoisotopic (exact) mass is 506 g/mol. The van der Waals surface area contributed by atoms with Crippen molar-refractivity contribution in [2.45, 2.75) is 32.9 Å². The third kappa shape index (κ3) is 6.03. The first-order chi connectivity index (χ1) is 16.4. The van der Waals surface area contributed by atoms with Crippen molar-refractivity contribution in [1.29, 1.82) is 0 Å². The summed E-state index contributed by atoms with van der Waals surface area (Å²) in [5.41, 5.74) is 1.28. The highest BCUT2D eigenvalue weighted by Gasteiger charge is 2.44. The summed E-state index contributed by atoms with van der Waals surface area (Å²) in [6, 6.07) is 11.4. The number of para-hydroxylation sites is 1.